The number of nitrogens with one attached hydrogen (secondary N) is 1. The Labute approximate surface area is 103 Å². The third kappa shape index (κ3) is 3.78. The van der Waals surface area contributed by atoms with E-state index in [1.807, 2.05) is 6.92 Å². The minimum absolute atomic E-state index is 0.766. The van der Waals surface area contributed by atoms with Crippen molar-refractivity contribution in [2.45, 2.75) is 32.7 Å². The van der Waals surface area contributed by atoms with E-state index in [4.69, 9.17) is 0 Å². The summed E-state index contributed by atoms with van der Waals surface area (Å²) in [5.41, 5.74) is 1.81. The minimum Gasteiger partial charge on any atom is -0.311 e. The molecule has 1 aromatic rings. The predicted molar refractivity (Wildman–Crippen MR) is 65.6 cm³/mol. The molecule has 2 rings (SSSR count). The van der Waals surface area contributed by atoms with Crippen LogP contribution in [0.1, 0.15) is 30.7 Å². The highest BCUT2D eigenvalue weighted by Gasteiger charge is 2.15. The van der Waals surface area contributed by atoms with Gasteiger partial charge < -0.3 is 10.2 Å². The summed E-state index contributed by atoms with van der Waals surface area (Å²) in [7, 11) is 2.20. The van der Waals surface area contributed by atoms with Gasteiger partial charge in [-0.25, -0.2) is 4.63 Å². The second kappa shape index (κ2) is 6.12. The van der Waals surface area contributed by atoms with Gasteiger partial charge in [0.15, 0.2) is 0 Å². The van der Waals surface area contributed by atoms with E-state index in [-0.39, 0.29) is 0 Å². The number of aryl methyl sites for hydroxylation is 1. The third-order valence-electron chi connectivity index (χ3n) is 3.61. The quantitative estimate of drug-likeness (QED) is 0.781. The van der Waals surface area contributed by atoms with E-state index in [0.717, 1.165) is 30.4 Å². The molecular weight excluding hydrogens is 216 g/mol. The van der Waals surface area contributed by atoms with Crippen molar-refractivity contribution in [1.82, 2.24) is 20.5 Å². The molecule has 17 heavy (non-hydrogen) atoms. The van der Waals surface area contributed by atoms with Crippen LogP contribution in [-0.4, -0.2) is 41.9 Å². The summed E-state index contributed by atoms with van der Waals surface area (Å²) < 4.78 is 4.66. The standard InChI is InChI=1S/C12H22N4O/c1-10-12(15-17-14-10)9-13-6-3-11-4-7-16(2)8-5-11/h11,13H,3-9H2,1-2H3. The summed E-state index contributed by atoms with van der Waals surface area (Å²) in [4.78, 5) is 2.41. The molecule has 1 N–H and O–H groups in total. The van der Waals surface area contributed by atoms with Gasteiger partial charge in [-0.15, -0.1) is 0 Å². The number of aromatic nitrogens is 2. The van der Waals surface area contributed by atoms with Gasteiger partial charge in [-0.1, -0.05) is 10.3 Å². The van der Waals surface area contributed by atoms with Crippen LogP contribution in [0.4, 0.5) is 0 Å². The van der Waals surface area contributed by atoms with Crippen LogP contribution >= 0.6 is 0 Å². The van der Waals surface area contributed by atoms with Gasteiger partial charge in [-0.3, -0.25) is 0 Å². The fourth-order valence-corrected chi connectivity index (χ4v) is 2.27. The Bertz CT molecular complexity index is 331. The Morgan fingerprint density at radius 2 is 2.12 bits per heavy atom. The number of rotatable bonds is 5. The van der Waals surface area contributed by atoms with Gasteiger partial charge in [-0.05, 0) is 58.8 Å². The number of hydrogen-bond acceptors (Lipinski definition) is 5. The number of piperidine rings is 1. The second-order valence-electron chi connectivity index (χ2n) is 5.01. The van der Waals surface area contributed by atoms with Crippen molar-refractivity contribution in [3.63, 3.8) is 0 Å². The summed E-state index contributed by atoms with van der Waals surface area (Å²) in [6.45, 7) is 6.24. The van der Waals surface area contributed by atoms with E-state index in [2.05, 4.69) is 32.2 Å². The van der Waals surface area contributed by atoms with Crippen LogP contribution in [0.5, 0.6) is 0 Å². The highest BCUT2D eigenvalue weighted by Crippen LogP contribution is 2.18. The zero-order chi connectivity index (χ0) is 12.1. The molecule has 0 saturated carbocycles. The lowest BCUT2D eigenvalue weighted by Gasteiger charge is -2.28. The van der Waals surface area contributed by atoms with Gasteiger partial charge in [0.2, 0.25) is 0 Å². The molecule has 0 aliphatic carbocycles. The van der Waals surface area contributed by atoms with Crippen LogP contribution in [0, 0.1) is 12.8 Å². The lowest BCUT2D eigenvalue weighted by atomic mass is 9.94. The van der Waals surface area contributed by atoms with Crippen LogP contribution in [0.25, 0.3) is 0 Å². The Balaban J connectivity index is 1.59. The van der Waals surface area contributed by atoms with Crippen molar-refractivity contribution < 1.29 is 4.63 Å². The Hall–Kier alpha value is -0.940. The molecule has 5 heteroatoms. The lowest BCUT2D eigenvalue weighted by Crippen LogP contribution is -2.31. The normalized spacial score (nSPS) is 18.7. The third-order valence-corrected chi connectivity index (χ3v) is 3.61. The van der Waals surface area contributed by atoms with Crippen LogP contribution in [-0.2, 0) is 6.54 Å². The molecule has 0 amide bonds. The van der Waals surface area contributed by atoms with Crippen LogP contribution in [0.2, 0.25) is 0 Å². The van der Waals surface area contributed by atoms with Gasteiger partial charge in [0.25, 0.3) is 0 Å². The molecular formula is C12H22N4O. The van der Waals surface area contributed by atoms with Gasteiger partial charge in [0.1, 0.15) is 11.4 Å². The summed E-state index contributed by atoms with van der Waals surface area (Å²) in [5.74, 6) is 0.884. The summed E-state index contributed by atoms with van der Waals surface area (Å²) in [6.07, 6.45) is 3.93. The van der Waals surface area contributed by atoms with E-state index in [1.165, 1.54) is 32.4 Å². The van der Waals surface area contributed by atoms with E-state index < -0.39 is 0 Å². The second-order valence-corrected chi connectivity index (χ2v) is 5.01. The molecule has 0 spiro atoms. The van der Waals surface area contributed by atoms with E-state index in [0.29, 0.717) is 0 Å². The fourth-order valence-electron chi connectivity index (χ4n) is 2.27. The molecule has 0 unspecified atom stereocenters. The topological polar surface area (TPSA) is 54.2 Å². The molecule has 0 aromatic carbocycles. The maximum Gasteiger partial charge on any atom is 0.121 e. The summed E-state index contributed by atoms with van der Waals surface area (Å²) in [6, 6.07) is 0. The molecule has 1 aromatic heterocycles. The van der Waals surface area contributed by atoms with Crippen LogP contribution < -0.4 is 5.32 Å². The van der Waals surface area contributed by atoms with E-state index in [1.54, 1.807) is 0 Å². The first kappa shape index (κ1) is 12.5. The molecule has 1 saturated heterocycles. The molecule has 0 bridgehead atoms. The SMILES string of the molecule is Cc1nonc1CNCCC1CCN(C)CC1. The van der Waals surface area contributed by atoms with Crippen molar-refractivity contribution in [2.24, 2.45) is 5.92 Å². The van der Waals surface area contributed by atoms with Crippen LogP contribution in [0.3, 0.4) is 0 Å². The molecule has 5 nitrogen and oxygen atoms in total. The molecule has 1 fully saturated rings. The highest BCUT2D eigenvalue weighted by atomic mass is 16.6. The number of hydrogen-bond donors (Lipinski definition) is 1. The van der Waals surface area contributed by atoms with Crippen molar-refractivity contribution in [3.05, 3.63) is 11.4 Å². The summed E-state index contributed by atoms with van der Waals surface area (Å²) in [5, 5.41) is 11.0. The largest absolute Gasteiger partial charge is 0.311 e. The van der Waals surface area contributed by atoms with Crippen molar-refractivity contribution >= 4 is 0 Å². The molecule has 2 heterocycles. The summed E-state index contributed by atoms with van der Waals surface area (Å²) >= 11 is 0. The maximum atomic E-state index is 4.66. The predicted octanol–water partition coefficient (Wildman–Crippen LogP) is 1.20. The lowest BCUT2D eigenvalue weighted by molar-refractivity contribution is 0.211. The zero-order valence-electron chi connectivity index (χ0n) is 10.8. The average molecular weight is 238 g/mol. The van der Waals surface area contributed by atoms with Gasteiger partial charge in [-0.2, -0.15) is 0 Å². The van der Waals surface area contributed by atoms with Gasteiger partial charge in [0, 0.05) is 6.54 Å². The molecule has 0 radical (unpaired) electrons. The Morgan fingerprint density at radius 1 is 1.35 bits per heavy atom. The first-order valence-electron chi connectivity index (χ1n) is 6.43. The van der Waals surface area contributed by atoms with E-state index >= 15 is 0 Å². The minimum atomic E-state index is 0.766. The van der Waals surface area contributed by atoms with Gasteiger partial charge in [0.05, 0.1) is 0 Å². The fraction of sp³-hybridized carbons (Fsp3) is 0.833. The monoisotopic (exact) mass is 238 g/mol. The maximum absolute atomic E-state index is 4.66. The van der Waals surface area contributed by atoms with Crippen molar-refractivity contribution in [3.8, 4) is 0 Å². The molecule has 0 atom stereocenters. The first-order chi connectivity index (χ1) is 8.25. The first-order valence-corrected chi connectivity index (χ1v) is 6.43. The Kier molecular flexibility index (Phi) is 4.50. The van der Waals surface area contributed by atoms with Crippen molar-refractivity contribution in [2.75, 3.05) is 26.7 Å². The van der Waals surface area contributed by atoms with E-state index in [9.17, 15) is 0 Å². The highest BCUT2D eigenvalue weighted by molar-refractivity contribution is 5.03. The zero-order valence-corrected chi connectivity index (χ0v) is 10.8. The molecule has 1 aliphatic heterocycles. The van der Waals surface area contributed by atoms with Gasteiger partial charge >= 0.3 is 0 Å². The number of likely N-dealkylation sites (tertiary alicyclic amines) is 1. The van der Waals surface area contributed by atoms with Crippen molar-refractivity contribution in [1.29, 1.82) is 0 Å². The smallest absolute Gasteiger partial charge is 0.121 e. The average Bonchev–Trinajstić information content (AvgIpc) is 2.73. The van der Waals surface area contributed by atoms with Crippen LogP contribution in [0.15, 0.2) is 4.63 Å². The Morgan fingerprint density at radius 3 is 2.76 bits per heavy atom. The number of nitrogens with zero attached hydrogens (tertiary/aromatic N) is 3. The molecule has 1 aliphatic rings. The molecule has 96 valence electrons.